The van der Waals surface area contributed by atoms with Gasteiger partial charge in [-0.05, 0) is 48.9 Å². The number of rotatable bonds is 5. The predicted octanol–water partition coefficient (Wildman–Crippen LogP) is 5.34. The standard InChI is InChI=1S/C22H19N3O/c1-16-6-10-18(11-7-16)23-14-17-8-12-19(13-9-17)26-22-20-4-2-3-5-21(20)24-15-25-22/h2-13,15,23H,14H2,1H3. The molecule has 4 rings (SSSR count). The molecule has 0 aliphatic rings. The molecule has 4 aromatic rings. The van der Waals surface area contributed by atoms with Crippen molar-refractivity contribution < 1.29 is 4.74 Å². The van der Waals surface area contributed by atoms with Crippen molar-refractivity contribution in [1.29, 1.82) is 0 Å². The quantitative estimate of drug-likeness (QED) is 0.532. The maximum absolute atomic E-state index is 5.95. The van der Waals surface area contributed by atoms with Gasteiger partial charge in [-0.25, -0.2) is 9.97 Å². The molecule has 0 saturated heterocycles. The molecular formula is C22H19N3O. The second-order valence-electron chi connectivity index (χ2n) is 6.16. The Morgan fingerprint density at radius 3 is 2.42 bits per heavy atom. The summed E-state index contributed by atoms with van der Waals surface area (Å²) in [4.78, 5) is 8.52. The Kier molecular flexibility index (Phi) is 4.48. The first-order chi connectivity index (χ1) is 12.8. The summed E-state index contributed by atoms with van der Waals surface area (Å²) in [6.07, 6.45) is 1.53. The summed E-state index contributed by atoms with van der Waals surface area (Å²) < 4.78 is 5.95. The van der Waals surface area contributed by atoms with Crippen molar-refractivity contribution >= 4 is 16.6 Å². The van der Waals surface area contributed by atoms with Crippen LogP contribution in [0.2, 0.25) is 0 Å². The molecule has 0 radical (unpaired) electrons. The molecule has 0 saturated carbocycles. The number of hydrogen-bond donors (Lipinski definition) is 1. The van der Waals surface area contributed by atoms with Gasteiger partial charge in [0.25, 0.3) is 0 Å². The molecule has 0 aliphatic heterocycles. The first-order valence-corrected chi connectivity index (χ1v) is 8.55. The summed E-state index contributed by atoms with van der Waals surface area (Å²) in [5.74, 6) is 1.33. The summed E-state index contributed by atoms with van der Waals surface area (Å²) in [5, 5.41) is 4.32. The highest BCUT2D eigenvalue weighted by Crippen LogP contribution is 2.26. The van der Waals surface area contributed by atoms with E-state index in [1.807, 2.05) is 36.4 Å². The van der Waals surface area contributed by atoms with Crippen molar-refractivity contribution in [3.63, 3.8) is 0 Å². The average molecular weight is 341 g/mol. The van der Waals surface area contributed by atoms with E-state index in [-0.39, 0.29) is 0 Å². The molecular weight excluding hydrogens is 322 g/mol. The number of aryl methyl sites for hydroxylation is 1. The number of nitrogens with one attached hydrogen (secondary N) is 1. The number of anilines is 1. The highest BCUT2D eigenvalue weighted by Gasteiger charge is 2.05. The van der Waals surface area contributed by atoms with E-state index in [1.54, 1.807) is 0 Å². The Bertz CT molecular complexity index is 1010. The molecule has 1 aromatic heterocycles. The van der Waals surface area contributed by atoms with E-state index in [4.69, 9.17) is 4.74 Å². The fraction of sp³-hybridized carbons (Fsp3) is 0.0909. The Balaban J connectivity index is 1.45. The maximum Gasteiger partial charge on any atom is 0.230 e. The Morgan fingerprint density at radius 2 is 1.62 bits per heavy atom. The largest absolute Gasteiger partial charge is 0.438 e. The van der Waals surface area contributed by atoms with Crippen molar-refractivity contribution in [3.05, 3.63) is 90.3 Å². The number of para-hydroxylation sites is 1. The second-order valence-corrected chi connectivity index (χ2v) is 6.16. The van der Waals surface area contributed by atoms with Crippen molar-refractivity contribution in [2.45, 2.75) is 13.5 Å². The lowest BCUT2D eigenvalue weighted by atomic mass is 10.2. The van der Waals surface area contributed by atoms with Crippen molar-refractivity contribution in [2.24, 2.45) is 0 Å². The van der Waals surface area contributed by atoms with Gasteiger partial charge in [0, 0.05) is 12.2 Å². The Labute approximate surface area is 152 Å². The maximum atomic E-state index is 5.95. The predicted molar refractivity (Wildman–Crippen MR) is 105 cm³/mol. The third kappa shape index (κ3) is 3.64. The summed E-state index contributed by atoms with van der Waals surface area (Å²) in [7, 11) is 0. The lowest BCUT2D eigenvalue weighted by molar-refractivity contribution is 0.468. The number of nitrogens with zero attached hydrogens (tertiary/aromatic N) is 2. The van der Waals surface area contributed by atoms with E-state index in [0.29, 0.717) is 5.88 Å². The molecule has 3 aromatic carbocycles. The minimum absolute atomic E-state index is 0.570. The normalized spacial score (nSPS) is 10.7. The molecule has 4 heteroatoms. The molecule has 0 bridgehead atoms. The molecule has 1 N–H and O–H groups in total. The molecule has 1 heterocycles. The molecule has 26 heavy (non-hydrogen) atoms. The number of hydrogen-bond acceptors (Lipinski definition) is 4. The zero-order valence-corrected chi connectivity index (χ0v) is 14.5. The number of ether oxygens (including phenoxy) is 1. The monoisotopic (exact) mass is 341 g/mol. The molecule has 0 unspecified atom stereocenters. The first-order valence-electron chi connectivity index (χ1n) is 8.55. The third-order valence-corrected chi connectivity index (χ3v) is 4.19. The van der Waals surface area contributed by atoms with Crippen LogP contribution in [0.25, 0.3) is 10.9 Å². The Morgan fingerprint density at radius 1 is 0.846 bits per heavy atom. The van der Waals surface area contributed by atoms with Crippen LogP contribution in [0.15, 0.2) is 79.1 Å². The highest BCUT2D eigenvalue weighted by atomic mass is 16.5. The van der Waals surface area contributed by atoms with Crippen molar-refractivity contribution in [1.82, 2.24) is 9.97 Å². The minimum Gasteiger partial charge on any atom is -0.438 e. The van der Waals surface area contributed by atoms with Crippen LogP contribution in [0.4, 0.5) is 5.69 Å². The molecule has 0 amide bonds. The van der Waals surface area contributed by atoms with Crippen LogP contribution in [0, 0.1) is 6.92 Å². The van der Waals surface area contributed by atoms with Gasteiger partial charge in [0.15, 0.2) is 0 Å². The molecule has 128 valence electrons. The van der Waals surface area contributed by atoms with E-state index in [1.165, 1.54) is 17.5 Å². The molecule has 4 nitrogen and oxygen atoms in total. The van der Waals surface area contributed by atoms with E-state index in [2.05, 4.69) is 58.6 Å². The zero-order chi connectivity index (χ0) is 17.8. The molecule has 0 fully saturated rings. The SMILES string of the molecule is Cc1ccc(NCc2ccc(Oc3ncnc4ccccc34)cc2)cc1. The third-order valence-electron chi connectivity index (χ3n) is 4.19. The van der Waals surface area contributed by atoms with Gasteiger partial charge in [-0.15, -0.1) is 0 Å². The molecule has 0 spiro atoms. The number of aromatic nitrogens is 2. The van der Waals surface area contributed by atoms with Gasteiger partial charge in [0.05, 0.1) is 10.9 Å². The topological polar surface area (TPSA) is 47.0 Å². The van der Waals surface area contributed by atoms with Gasteiger partial charge in [-0.1, -0.05) is 42.0 Å². The van der Waals surface area contributed by atoms with E-state index < -0.39 is 0 Å². The van der Waals surface area contributed by atoms with Crippen LogP contribution in [0.5, 0.6) is 11.6 Å². The lowest BCUT2D eigenvalue weighted by Crippen LogP contribution is -1.99. The fourth-order valence-corrected chi connectivity index (χ4v) is 2.72. The second kappa shape index (κ2) is 7.23. The number of fused-ring (bicyclic) bond motifs is 1. The highest BCUT2D eigenvalue weighted by molar-refractivity contribution is 5.83. The van der Waals surface area contributed by atoms with E-state index in [9.17, 15) is 0 Å². The smallest absolute Gasteiger partial charge is 0.230 e. The van der Waals surface area contributed by atoms with E-state index >= 15 is 0 Å². The van der Waals surface area contributed by atoms with Gasteiger partial charge in [-0.2, -0.15) is 0 Å². The van der Waals surface area contributed by atoms with Gasteiger partial charge in [0.1, 0.15) is 12.1 Å². The summed E-state index contributed by atoms with van der Waals surface area (Å²) in [5.41, 5.74) is 4.43. The van der Waals surface area contributed by atoms with Crippen LogP contribution in [-0.2, 0) is 6.54 Å². The summed E-state index contributed by atoms with van der Waals surface area (Å²) in [6, 6.07) is 24.2. The van der Waals surface area contributed by atoms with Gasteiger partial charge < -0.3 is 10.1 Å². The van der Waals surface area contributed by atoms with Gasteiger partial charge >= 0.3 is 0 Å². The minimum atomic E-state index is 0.570. The molecule has 0 aliphatic carbocycles. The van der Waals surface area contributed by atoms with Gasteiger partial charge in [0.2, 0.25) is 5.88 Å². The fourth-order valence-electron chi connectivity index (χ4n) is 2.72. The van der Waals surface area contributed by atoms with Crippen LogP contribution in [-0.4, -0.2) is 9.97 Å². The average Bonchev–Trinajstić information content (AvgIpc) is 2.69. The summed E-state index contributed by atoms with van der Waals surface area (Å²) >= 11 is 0. The lowest BCUT2D eigenvalue weighted by Gasteiger charge is -2.09. The van der Waals surface area contributed by atoms with Crippen LogP contribution in [0.3, 0.4) is 0 Å². The molecule has 0 atom stereocenters. The van der Waals surface area contributed by atoms with Gasteiger partial charge in [-0.3, -0.25) is 0 Å². The van der Waals surface area contributed by atoms with Crippen molar-refractivity contribution in [3.8, 4) is 11.6 Å². The van der Waals surface area contributed by atoms with Crippen LogP contribution < -0.4 is 10.1 Å². The zero-order valence-electron chi connectivity index (χ0n) is 14.5. The summed E-state index contributed by atoms with van der Waals surface area (Å²) in [6.45, 7) is 2.85. The first kappa shape index (κ1) is 16.1. The Hall–Kier alpha value is -3.40. The van der Waals surface area contributed by atoms with Crippen molar-refractivity contribution in [2.75, 3.05) is 5.32 Å². The van der Waals surface area contributed by atoms with E-state index in [0.717, 1.165) is 28.9 Å². The van der Waals surface area contributed by atoms with Crippen LogP contribution >= 0.6 is 0 Å². The number of benzene rings is 3. The van der Waals surface area contributed by atoms with Crippen LogP contribution in [0.1, 0.15) is 11.1 Å².